The number of aryl methyl sites for hydroxylation is 1. The van der Waals surface area contributed by atoms with E-state index in [-0.39, 0.29) is 60.9 Å². The average molecular weight is 1150 g/mol. The van der Waals surface area contributed by atoms with Crippen LogP contribution < -0.4 is 0 Å². The van der Waals surface area contributed by atoms with Crippen LogP contribution in [0.1, 0.15) is 151 Å². The highest BCUT2D eigenvalue weighted by Crippen LogP contribution is 2.38. The molecular formula is C63H100N4O15. The Hall–Kier alpha value is -4.31. The number of carbonyl (C=O) groups is 5. The molecule has 462 valence electrons. The molecule has 82 heavy (non-hydrogen) atoms. The van der Waals surface area contributed by atoms with Crippen LogP contribution in [0.15, 0.2) is 53.8 Å². The van der Waals surface area contributed by atoms with Gasteiger partial charge in [0, 0.05) is 77.9 Å². The molecule has 2 N–H and O–H groups in total. The van der Waals surface area contributed by atoms with Gasteiger partial charge in [-0.1, -0.05) is 76.3 Å². The van der Waals surface area contributed by atoms with Crippen molar-refractivity contribution in [3.63, 3.8) is 0 Å². The first kappa shape index (κ1) is 68.5. The molecule has 19 nitrogen and oxygen atoms in total. The zero-order chi connectivity index (χ0) is 59.9. The normalized spacial score (nSPS) is 34.5. The molecule has 0 spiro atoms. The number of aliphatic hydroxyl groups excluding tert-OH is 1. The predicted molar refractivity (Wildman–Crippen MR) is 309 cm³/mol. The topological polar surface area (TPSA) is 234 Å². The monoisotopic (exact) mass is 1150 g/mol. The number of piperidine rings is 1. The molecule has 4 aliphatic rings. The number of fused-ring (bicyclic) bond motifs is 3. The van der Waals surface area contributed by atoms with Crippen LogP contribution in [-0.2, 0) is 74.8 Å². The molecular weight excluding hydrogens is 1050 g/mol. The maximum Gasteiger partial charge on any atom is 0.329 e. The largest absolute Gasteiger partial charge is 0.460 e. The Morgan fingerprint density at radius 1 is 0.829 bits per heavy atom. The lowest BCUT2D eigenvalue weighted by Crippen LogP contribution is -2.61. The number of carbonyl (C=O) groups excluding carboxylic acids is 5. The highest BCUT2D eigenvalue weighted by atomic mass is 16.6. The number of Topliss-reactive ketones (excluding diaryl/α,β-unsaturated/α-hetero) is 3. The lowest BCUT2D eigenvalue weighted by atomic mass is 9.78. The third kappa shape index (κ3) is 20.2. The molecule has 0 aromatic carbocycles. The maximum absolute atomic E-state index is 14.7. The van der Waals surface area contributed by atoms with Crippen molar-refractivity contribution in [2.75, 3.05) is 60.9 Å². The second-order valence-corrected chi connectivity index (χ2v) is 23.7. The number of amides is 1. The first-order valence-corrected chi connectivity index (χ1v) is 30.4. The molecule has 2 saturated heterocycles. The number of aliphatic hydroxyl groups is 2. The minimum Gasteiger partial charge on any atom is -0.460 e. The number of esters is 1. The number of cyclic esters (lactones) is 1. The third-order valence-corrected chi connectivity index (χ3v) is 17.2. The van der Waals surface area contributed by atoms with Crippen LogP contribution in [-0.4, -0.2) is 175 Å². The first-order chi connectivity index (χ1) is 39.2. The van der Waals surface area contributed by atoms with Crippen LogP contribution in [0, 0.1) is 35.5 Å². The summed E-state index contributed by atoms with van der Waals surface area (Å²) in [6.45, 7) is 18.3. The fourth-order valence-corrected chi connectivity index (χ4v) is 12.0. The number of unbranched alkanes of at least 4 members (excludes halogenated alkanes) is 1. The van der Waals surface area contributed by atoms with Gasteiger partial charge in [0.25, 0.3) is 11.7 Å². The summed E-state index contributed by atoms with van der Waals surface area (Å²) in [5.74, 6) is -7.96. The number of ether oxygens (including phenoxy) is 8. The summed E-state index contributed by atoms with van der Waals surface area (Å²) in [6, 6.07) is -1.15. The molecule has 1 aromatic heterocycles. The molecule has 1 aliphatic carbocycles. The van der Waals surface area contributed by atoms with E-state index in [1.54, 1.807) is 45.7 Å². The molecule has 3 fully saturated rings. The van der Waals surface area contributed by atoms with Crippen molar-refractivity contribution in [2.45, 2.75) is 213 Å². The Bertz CT molecular complexity index is 2300. The van der Waals surface area contributed by atoms with E-state index < -0.39 is 77.8 Å². The van der Waals surface area contributed by atoms with Gasteiger partial charge in [-0.2, -0.15) is 0 Å². The summed E-state index contributed by atoms with van der Waals surface area (Å²) >= 11 is 0. The summed E-state index contributed by atoms with van der Waals surface area (Å²) < 4.78 is 49.3. The third-order valence-electron chi connectivity index (χ3n) is 17.2. The number of hydrogen-bond acceptors (Lipinski definition) is 17. The van der Waals surface area contributed by atoms with Crippen molar-refractivity contribution in [3.8, 4) is 0 Å². The molecule has 3 aliphatic heterocycles. The summed E-state index contributed by atoms with van der Waals surface area (Å²) in [5.41, 5.74) is 2.19. The van der Waals surface area contributed by atoms with Gasteiger partial charge in [0.2, 0.25) is 5.79 Å². The SMILES string of the molecule is CCOCCOCCn1cc(CCCCO[C@@H]2CC[C@@H](C[C@@H](C)[C@@H]3CC(=O)[C@H](C)/C=C(\C)[C@@H](O)[C@@H](OC)C(=O)[C@H](C)C[C@H](C)/C=C/C=C/C=C(\C)[C@@H](OC)C[C@@H]4CC[C@@H](C)[C@@](O)(O4)C(=O)C(=O)N4CCCC[C@H]4C(=O)O3)C[C@H]2OC)nn1. The summed E-state index contributed by atoms with van der Waals surface area (Å²) in [7, 11) is 4.66. The van der Waals surface area contributed by atoms with Crippen molar-refractivity contribution in [2.24, 2.45) is 35.5 Å². The van der Waals surface area contributed by atoms with E-state index in [1.165, 1.54) is 12.0 Å². The number of hydrogen-bond donors (Lipinski definition) is 2. The zero-order valence-corrected chi connectivity index (χ0v) is 51.2. The van der Waals surface area contributed by atoms with Gasteiger partial charge in [-0.25, -0.2) is 9.48 Å². The number of methoxy groups -OCH3 is 3. The molecule has 1 amide bonds. The number of rotatable bonds is 19. The van der Waals surface area contributed by atoms with Crippen LogP contribution in [0.25, 0.3) is 0 Å². The summed E-state index contributed by atoms with van der Waals surface area (Å²) in [5, 5.41) is 32.2. The van der Waals surface area contributed by atoms with Crippen LogP contribution in [0.3, 0.4) is 0 Å². The van der Waals surface area contributed by atoms with Crippen molar-refractivity contribution in [3.05, 3.63) is 59.5 Å². The van der Waals surface area contributed by atoms with Gasteiger partial charge in [0.05, 0.1) is 56.5 Å². The van der Waals surface area contributed by atoms with E-state index in [0.29, 0.717) is 96.5 Å². The van der Waals surface area contributed by atoms with E-state index in [2.05, 4.69) is 10.3 Å². The van der Waals surface area contributed by atoms with Gasteiger partial charge < -0.3 is 53.0 Å². The molecule has 15 atom stereocenters. The lowest BCUT2D eigenvalue weighted by Gasteiger charge is -2.42. The fourth-order valence-electron chi connectivity index (χ4n) is 12.0. The highest BCUT2D eigenvalue weighted by Gasteiger charge is 2.53. The van der Waals surface area contributed by atoms with Crippen molar-refractivity contribution < 1.29 is 72.1 Å². The Balaban J connectivity index is 1.32. The van der Waals surface area contributed by atoms with Gasteiger partial charge in [0.1, 0.15) is 30.1 Å². The highest BCUT2D eigenvalue weighted by molar-refractivity contribution is 6.39. The second kappa shape index (κ2) is 34.6. The van der Waals surface area contributed by atoms with Crippen molar-refractivity contribution >= 4 is 29.2 Å². The van der Waals surface area contributed by atoms with E-state index in [1.807, 2.05) is 71.2 Å². The van der Waals surface area contributed by atoms with Gasteiger partial charge >= 0.3 is 5.97 Å². The van der Waals surface area contributed by atoms with Gasteiger partial charge in [-0.15, -0.1) is 5.10 Å². The van der Waals surface area contributed by atoms with Crippen molar-refractivity contribution in [1.29, 1.82) is 0 Å². The Morgan fingerprint density at radius 2 is 1.60 bits per heavy atom. The van der Waals surface area contributed by atoms with Crippen LogP contribution in [0.2, 0.25) is 0 Å². The maximum atomic E-state index is 14.7. The predicted octanol–water partition coefficient (Wildman–Crippen LogP) is 7.87. The summed E-state index contributed by atoms with van der Waals surface area (Å²) in [6.07, 6.45) is 16.7. The standard InChI is InChI=1S/C63H100N4O15/c1-12-78-32-33-79-31-29-66-40-49(64-65-66)22-17-19-30-80-53-27-25-48(37-56(53)76-10)36-44(5)55-39-52(68)43(4)35-46(7)58(70)59(77-11)57(69)45(6)34-41(2)20-14-13-15-21-42(3)54(75-9)38-50-26-24-47(8)63(74,82-50)60(71)61(72)67-28-18-16-23-51(67)62(73)81-55/h13-15,20-21,35,40-41,43-45,47-48,50-51,53-56,58-59,70,74H,12,16-19,22-34,36-39H2,1-11H3/b15-13+,20-14+,42-21+,46-35+/t41-,43-,44-,45-,47-,48+,50+,51+,53-,54+,55+,56-,58-,59+,63-/m1/s1. The van der Waals surface area contributed by atoms with Crippen molar-refractivity contribution in [1.82, 2.24) is 19.9 Å². The van der Waals surface area contributed by atoms with Crippen LogP contribution >= 0.6 is 0 Å². The van der Waals surface area contributed by atoms with Crippen LogP contribution in [0.5, 0.6) is 0 Å². The number of allylic oxidation sites excluding steroid dienone is 6. The molecule has 2 bridgehead atoms. The number of aromatic nitrogens is 3. The first-order valence-electron chi connectivity index (χ1n) is 30.4. The molecule has 0 radical (unpaired) electrons. The smallest absolute Gasteiger partial charge is 0.329 e. The lowest BCUT2D eigenvalue weighted by molar-refractivity contribution is -0.265. The molecule has 5 rings (SSSR count). The van der Waals surface area contributed by atoms with E-state index in [0.717, 1.165) is 43.4 Å². The molecule has 1 aromatic rings. The second-order valence-electron chi connectivity index (χ2n) is 23.7. The van der Waals surface area contributed by atoms with Gasteiger partial charge in [-0.05, 0) is 133 Å². The van der Waals surface area contributed by atoms with E-state index in [4.69, 9.17) is 37.9 Å². The van der Waals surface area contributed by atoms with Crippen LogP contribution in [0.4, 0.5) is 0 Å². The summed E-state index contributed by atoms with van der Waals surface area (Å²) in [4.78, 5) is 73.0. The molecule has 0 unspecified atom stereocenters. The Labute approximate surface area is 488 Å². The molecule has 4 heterocycles. The van der Waals surface area contributed by atoms with E-state index in [9.17, 15) is 34.2 Å². The minimum atomic E-state index is -2.44. The number of nitrogens with zero attached hydrogens (tertiary/aromatic N) is 4. The zero-order valence-electron chi connectivity index (χ0n) is 51.2. The Kier molecular flexibility index (Phi) is 28.9. The van der Waals surface area contributed by atoms with Gasteiger partial charge in [0.15, 0.2) is 5.78 Å². The molecule has 19 heteroatoms. The quantitative estimate of drug-likeness (QED) is 0.0580. The van der Waals surface area contributed by atoms with E-state index >= 15 is 0 Å². The fraction of sp³-hybridized carbons (Fsp3) is 0.762. The van der Waals surface area contributed by atoms with Gasteiger partial charge in [-0.3, -0.25) is 19.2 Å². The minimum absolute atomic E-state index is 0.0108. The number of ketones is 3. The molecule has 1 saturated carbocycles. The average Bonchev–Trinajstić information content (AvgIpc) is 3.49. The Morgan fingerprint density at radius 3 is 2.33 bits per heavy atom.